The molecular weight excluding hydrogens is 449 g/mol. The molecule has 8 nitrogen and oxygen atoms in total. The second-order valence-corrected chi connectivity index (χ2v) is 11.5. The van der Waals surface area contributed by atoms with Gasteiger partial charge in [0.05, 0.1) is 35.9 Å². The molecule has 3 aliphatic heterocycles. The van der Waals surface area contributed by atoms with Crippen molar-refractivity contribution in [3.8, 4) is 0 Å². The largest absolute Gasteiger partial charge is 0.369 e. The molecule has 9 heteroatoms. The Balaban J connectivity index is 1.38. The molecule has 0 radical (unpaired) electrons. The van der Waals surface area contributed by atoms with Crippen molar-refractivity contribution in [2.75, 3.05) is 40.3 Å². The zero-order valence-corrected chi connectivity index (χ0v) is 21.2. The van der Waals surface area contributed by atoms with Gasteiger partial charge >= 0.3 is 0 Å². The van der Waals surface area contributed by atoms with E-state index in [4.69, 9.17) is 10.5 Å². The number of nitrogens with zero attached hydrogens (tertiary/aromatic N) is 3. The lowest BCUT2D eigenvalue weighted by molar-refractivity contribution is -0.209. The number of hydrogen-bond donors (Lipinski definition) is 2. The molecule has 0 spiro atoms. The molecule has 3 N–H and O–H groups in total. The van der Waals surface area contributed by atoms with Gasteiger partial charge in [0.15, 0.2) is 5.78 Å². The number of amides is 1. The number of carbonyl (C=O) groups is 2. The summed E-state index contributed by atoms with van der Waals surface area (Å²) in [7, 11) is 4.05. The molecule has 5 aliphatic rings. The molecule has 2 saturated carbocycles. The Hall–Kier alpha value is -1.55. The number of halogens is 1. The van der Waals surface area contributed by atoms with E-state index in [-0.39, 0.29) is 60.1 Å². The first-order chi connectivity index (χ1) is 16.8. The molecule has 4 fully saturated rings. The third-order valence-corrected chi connectivity index (χ3v) is 8.78. The zero-order chi connectivity index (χ0) is 24.7. The molecule has 8 unspecified atom stereocenters. The van der Waals surface area contributed by atoms with E-state index in [1.807, 2.05) is 20.3 Å². The second-order valence-electron chi connectivity index (χ2n) is 11.5. The predicted molar refractivity (Wildman–Crippen MR) is 131 cm³/mol. The first-order valence-electron chi connectivity index (χ1n) is 13.6. The van der Waals surface area contributed by atoms with Gasteiger partial charge in [-0.25, -0.2) is 4.39 Å². The van der Waals surface area contributed by atoms with Crippen LogP contribution in [0.3, 0.4) is 0 Å². The van der Waals surface area contributed by atoms with Gasteiger partial charge in [0.2, 0.25) is 0 Å². The predicted octanol–water partition coefficient (Wildman–Crippen LogP) is 1.05. The maximum Gasteiger partial charge on any atom is 0.256 e. The zero-order valence-electron chi connectivity index (χ0n) is 21.2. The quantitative estimate of drug-likeness (QED) is 0.406. The molecule has 2 aliphatic carbocycles. The highest BCUT2D eigenvalue weighted by Gasteiger charge is 2.59. The highest BCUT2D eigenvalue weighted by atomic mass is 19.1. The van der Waals surface area contributed by atoms with Crippen molar-refractivity contribution in [2.45, 2.75) is 93.9 Å². The number of nitrogens with one attached hydrogen (secondary N) is 1. The second kappa shape index (κ2) is 10.4. The fourth-order valence-electron chi connectivity index (χ4n) is 7.10. The third-order valence-electron chi connectivity index (χ3n) is 8.78. The van der Waals surface area contributed by atoms with Gasteiger partial charge in [-0.05, 0) is 59.2 Å². The number of morpholine rings is 1. The summed E-state index contributed by atoms with van der Waals surface area (Å²) in [4.78, 5) is 33.2. The van der Waals surface area contributed by atoms with Crippen molar-refractivity contribution in [3.63, 3.8) is 0 Å². The van der Waals surface area contributed by atoms with Crippen LogP contribution in [-0.2, 0) is 14.3 Å². The molecule has 1 amide bonds. The standard InChI is InChI=1S/C26H42FN5O3/c1-30(2)11-6-5-10-29-26(34)18-15-32-20-7-3-4-8-21(20)35-25-22(32)17(24(18)33)13-19(27)23(25)31-12-9-16(28)14-31/h15-17,19-23,25H,3-14,28H2,1-2H3,(H,29,34). The first-order valence-corrected chi connectivity index (χ1v) is 13.6. The Bertz CT molecular complexity index is 838. The SMILES string of the molecule is CN(C)CCCCNC(=O)C1=CN2C3CCCCC3OC3C(N4CCC(N)C4)C(F)CC(C1=O)C32. The Morgan fingerprint density at radius 1 is 1.23 bits per heavy atom. The van der Waals surface area contributed by atoms with Crippen LogP contribution in [0.25, 0.3) is 0 Å². The Morgan fingerprint density at radius 2 is 2.03 bits per heavy atom. The van der Waals surface area contributed by atoms with E-state index < -0.39 is 12.1 Å². The first kappa shape index (κ1) is 25.1. The molecule has 8 atom stereocenters. The van der Waals surface area contributed by atoms with E-state index >= 15 is 4.39 Å². The molecule has 0 aromatic heterocycles. The van der Waals surface area contributed by atoms with Gasteiger partial charge in [0.1, 0.15) is 6.17 Å². The number of rotatable bonds is 7. The minimum atomic E-state index is -1.18. The highest BCUT2D eigenvalue weighted by Crippen LogP contribution is 2.47. The van der Waals surface area contributed by atoms with Gasteiger partial charge in [-0.1, -0.05) is 12.8 Å². The number of ketones is 1. The van der Waals surface area contributed by atoms with Crippen LogP contribution in [0.1, 0.15) is 51.4 Å². The van der Waals surface area contributed by atoms with E-state index in [9.17, 15) is 9.59 Å². The van der Waals surface area contributed by atoms with Crippen LogP contribution >= 0.6 is 0 Å². The maximum absolute atomic E-state index is 15.8. The maximum atomic E-state index is 15.8. The summed E-state index contributed by atoms with van der Waals surface area (Å²) in [6, 6.07) is -0.403. The number of likely N-dealkylation sites (tertiary alicyclic amines) is 1. The van der Waals surface area contributed by atoms with Gasteiger partial charge < -0.3 is 25.6 Å². The summed E-state index contributed by atoms with van der Waals surface area (Å²) >= 11 is 0. The molecule has 35 heavy (non-hydrogen) atoms. The van der Waals surface area contributed by atoms with E-state index in [1.165, 1.54) is 0 Å². The molecule has 5 rings (SSSR count). The number of fused-ring (bicyclic) bond motifs is 2. The summed E-state index contributed by atoms with van der Waals surface area (Å²) in [5.74, 6) is -1.10. The Kier molecular flexibility index (Phi) is 7.49. The molecule has 2 saturated heterocycles. The fourth-order valence-corrected chi connectivity index (χ4v) is 7.10. The third kappa shape index (κ3) is 4.89. The lowest BCUT2D eigenvalue weighted by Crippen LogP contribution is -2.73. The normalized spacial score (nSPS) is 39.3. The molecule has 0 aromatic carbocycles. The van der Waals surface area contributed by atoms with Crippen LogP contribution in [0, 0.1) is 5.92 Å². The Morgan fingerprint density at radius 3 is 2.77 bits per heavy atom. The summed E-state index contributed by atoms with van der Waals surface area (Å²) < 4.78 is 22.5. The highest BCUT2D eigenvalue weighted by molar-refractivity contribution is 6.20. The number of unbranched alkanes of at least 4 members (excludes halogenated alkanes) is 1. The topological polar surface area (TPSA) is 91.1 Å². The molecule has 196 valence electrons. The molecule has 0 aromatic rings. The van der Waals surface area contributed by atoms with Crippen LogP contribution in [0.5, 0.6) is 0 Å². The number of carbonyl (C=O) groups excluding carboxylic acids is 2. The van der Waals surface area contributed by atoms with Crippen molar-refractivity contribution in [1.82, 2.24) is 20.0 Å². The van der Waals surface area contributed by atoms with E-state index in [2.05, 4.69) is 20.0 Å². The van der Waals surface area contributed by atoms with Crippen molar-refractivity contribution >= 4 is 11.7 Å². The Labute approximate surface area is 208 Å². The monoisotopic (exact) mass is 491 g/mol. The molecular formula is C26H42FN5O3. The minimum absolute atomic E-state index is 0.00882. The molecule has 3 heterocycles. The van der Waals surface area contributed by atoms with Gasteiger partial charge in [-0.2, -0.15) is 0 Å². The number of alkyl halides is 1. The van der Waals surface area contributed by atoms with Gasteiger partial charge in [-0.15, -0.1) is 0 Å². The number of Topliss-reactive ketones (excluding diaryl/α,β-unsaturated/α-hetero) is 1. The van der Waals surface area contributed by atoms with Crippen LogP contribution < -0.4 is 11.1 Å². The average molecular weight is 492 g/mol. The van der Waals surface area contributed by atoms with Gasteiger partial charge in [0.25, 0.3) is 5.91 Å². The summed E-state index contributed by atoms with van der Waals surface area (Å²) in [6.45, 7) is 2.93. The fraction of sp³-hybridized carbons (Fsp3) is 0.846. The van der Waals surface area contributed by atoms with Crippen LogP contribution in [0.15, 0.2) is 11.8 Å². The summed E-state index contributed by atoms with van der Waals surface area (Å²) in [5.41, 5.74) is 6.36. The molecule has 0 bridgehead atoms. The number of nitrogens with two attached hydrogens (primary N) is 1. The van der Waals surface area contributed by atoms with Crippen LogP contribution in [0.4, 0.5) is 4.39 Å². The number of hydrogen-bond acceptors (Lipinski definition) is 7. The van der Waals surface area contributed by atoms with Crippen molar-refractivity contribution < 1.29 is 18.7 Å². The van der Waals surface area contributed by atoms with E-state index in [0.29, 0.717) is 13.1 Å². The van der Waals surface area contributed by atoms with Crippen LogP contribution in [0.2, 0.25) is 0 Å². The van der Waals surface area contributed by atoms with Gasteiger partial charge in [0, 0.05) is 37.8 Å². The van der Waals surface area contributed by atoms with Gasteiger partial charge in [-0.3, -0.25) is 14.5 Å². The number of ether oxygens (including phenoxy) is 1. The minimum Gasteiger partial charge on any atom is -0.369 e. The van der Waals surface area contributed by atoms with E-state index in [1.54, 1.807) is 0 Å². The lowest BCUT2D eigenvalue weighted by atomic mass is 9.69. The summed E-state index contributed by atoms with van der Waals surface area (Å²) in [5, 5.41) is 2.95. The van der Waals surface area contributed by atoms with Crippen molar-refractivity contribution in [1.29, 1.82) is 0 Å². The summed E-state index contributed by atoms with van der Waals surface area (Å²) in [6.07, 6.45) is 7.20. The van der Waals surface area contributed by atoms with Crippen molar-refractivity contribution in [3.05, 3.63) is 11.8 Å². The smallest absolute Gasteiger partial charge is 0.256 e. The lowest BCUT2D eigenvalue weighted by Gasteiger charge is -2.60. The van der Waals surface area contributed by atoms with Crippen molar-refractivity contribution in [2.24, 2.45) is 11.7 Å². The van der Waals surface area contributed by atoms with E-state index in [0.717, 1.165) is 58.0 Å². The van der Waals surface area contributed by atoms with Crippen LogP contribution in [-0.4, -0.2) is 109 Å². The average Bonchev–Trinajstić information content (AvgIpc) is 3.25.